The molecule has 0 radical (unpaired) electrons. The fourth-order valence-corrected chi connectivity index (χ4v) is 1.22. The summed E-state index contributed by atoms with van der Waals surface area (Å²) in [4.78, 5) is 10.3. The van der Waals surface area contributed by atoms with Crippen LogP contribution in [-0.4, -0.2) is 17.6 Å². The molecule has 0 aromatic carbocycles. The lowest BCUT2D eigenvalue weighted by Gasteiger charge is -2.01. The van der Waals surface area contributed by atoms with Gasteiger partial charge in [-0.05, 0) is 26.0 Å². The van der Waals surface area contributed by atoms with Gasteiger partial charge in [-0.1, -0.05) is 5.57 Å². The Bertz CT molecular complexity index is 366. The molecule has 1 aromatic heterocycles. The standard InChI is InChI=1S/C11H15NO3/c1-8(5-11(13)14)6-12-7-10-4-3-9(2)15-10/h3-5,12H,6-7H2,1-2H3,(H,13,14)/b8-5-. The number of aliphatic carboxylic acids is 1. The fourth-order valence-electron chi connectivity index (χ4n) is 1.22. The molecular formula is C11H15NO3. The maximum Gasteiger partial charge on any atom is 0.328 e. The first kappa shape index (κ1) is 11.5. The quantitative estimate of drug-likeness (QED) is 0.725. The Balaban J connectivity index is 2.30. The molecule has 0 bridgehead atoms. The minimum atomic E-state index is -0.914. The van der Waals surface area contributed by atoms with E-state index in [0.29, 0.717) is 13.1 Å². The van der Waals surface area contributed by atoms with Crippen LogP contribution in [0.25, 0.3) is 0 Å². The van der Waals surface area contributed by atoms with E-state index in [1.54, 1.807) is 6.92 Å². The van der Waals surface area contributed by atoms with E-state index in [2.05, 4.69) is 5.32 Å². The van der Waals surface area contributed by atoms with E-state index in [0.717, 1.165) is 17.1 Å². The van der Waals surface area contributed by atoms with Crippen LogP contribution in [0.3, 0.4) is 0 Å². The molecule has 0 saturated carbocycles. The molecular weight excluding hydrogens is 194 g/mol. The molecule has 0 spiro atoms. The normalized spacial score (nSPS) is 11.7. The zero-order chi connectivity index (χ0) is 11.3. The van der Waals surface area contributed by atoms with Crippen LogP contribution >= 0.6 is 0 Å². The van der Waals surface area contributed by atoms with E-state index < -0.39 is 5.97 Å². The van der Waals surface area contributed by atoms with Crippen LogP contribution in [0.15, 0.2) is 28.2 Å². The van der Waals surface area contributed by atoms with Crippen LogP contribution in [-0.2, 0) is 11.3 Å². The van der Waals surface area contributed by atoms with Gasteiger partial charge in [-0.15, -0.1) is 0 Å². The number of carbonyl (C=O) groups is 1. The molecule has 15 heavy (non-hydrogen) atoms. The molecule has 4 heteroatoms. The first-order valence-corrected chi connectivity index (χ1v) is 4.74. The third kappa shape index (κ3) is 4.46. The number of carboxylic acids is 1. The number of hydrogen-bond acceptors (Lipinski definition) is 3. The highest BCUT2D eigenvalue weighted by atomic mass is 16.4. The van der Waals surface area contributed by atoms with Crippen LogP contribution in [0.1, 0.15) is 18.4 Å². The predicted molar refractivity (Wildman–Crippen MR) is 56.5 cm³/mol. The van der Waals surface area contributed by atoms with E-state index in [1.165, 1.54) is 6.08 Å². The summed E-state index contributed by atoms with van der Waals surface area (Å²) in [5.41, 5.74) is 0.783. The largest absolute Gasteiger partial charge is 0.478 e. The number of hydrogen-bond donors (Lipinski definition) is 2. The van der Waals surface area contributed by atoms with Gasteiger partial charge in [-0.2, -0.15) is 0 Å². The summed E-state index contributed by atoms with van der Waals surface area (Å²) in [5, 5.41) is 11.6. The summed E-state index contributed by atoms with van der Waals surface area (Å²) in [6.45, 7) is 4.82. The second-order valence-electron chi connectivity index (χ2n) is 3.44. The molecule has 0 saturated heterocycles. The topological polar surface area (TPSA) is 62.5 Å². The van der Waals surface area contributed by atoms with Gasteiger partial charge in [0.25, 0.3) is 0 Å². The summed E-state index contributed by atoms with van der Waals surface area (Å²) in [6.07, 6.45) is 1.19. The predicted octanol–water partition coefficient (Wildman–Crippen LogP) is 1.71. The number of nitrogens with one attached hydrogen (secondary N) is 1. The van der Waals surface area contributed by atoms with Crippen molar-refractivity contribution in [3.63, 3.8) is 0 Å². The Labute approximate surface area is 88.6 Å². The van der Waals surface area contributed by atoms with Gasteiger partial charge < -0.3 is 14.8 Å². The van der Waals surface area contributed by atoms with Crippen molar-refractivity contribution in [3.8, 4) is 0 Å². The molecule has 0 unspecified atom stereocenters. The van der Waals surface area contributed by atoms with Crippen molar-refractivity contribution in [2.45, 2.75) is 20.4 Å². The molecule has 0 amide bonds. The van der Waals surface area contributed by atoms with Gasteiger partial charge >= 0.3 is 5.97 Å². The second-order valence-corrected chi connectivity index (χ2v) is 3.44. The van der Waals surface area contributed by atoms with Gasteiger partial charge in [-0.25, -0.2) is 4.79 Å². The van der Waals surface area contributed by atoms with Crippen molar-refractivity contribution in [3.05, 3.63) is 35.3 Å². The van der Waals surface area contributed by atoms with Gasteiger partial charge in [-0.3, -0.25) is 0 Å². The number of aryl methyl sites for hydroxylation is 1. The third-order valence-electron chi connectivity index (χ3n) is 1.87. The molecule has 4 nitrogen and oxygen atoms in total. The summed E-state index contributed by atoms with van der Waals surface area (Å²) in [5.74, 6) is 0.823. The maximum absolute atomic E-state index is 10.3. The zero-order valence-corrected chi connectivity index (χ0v) is 8.91. The van der Waals surface area contributed by atoms with Crippen molar-refractivity contribution in [2.24, 2.45) is 0 Å². The van der Waals surface area contributed by atoms with Crippen LogP contribution in [0.4, 0.5) is 0 Å². The van der Waals surface area contributed by atoms with Crippen molar-refractivity contribution >= 4 is 5.97 Å². The maximum atomic E-state index is 10.3. The van der Waals surface area contributed by atoms with Crippen LogP contribution in [0, 0.1) is 6.92 Å². The van der Waals surface area contributed by atoms with Gasteiger partial charge in [0.2, 0.25) is 0 Å². The van der Waals surface area contributed by atoms with E-state index >= 15 is 0 Å². The lowest BCUT2D eigenvalue weighted by molar-refractivity contribution is -0.131. The van der Waals surface area contributed by atoms with Crippen molar-refractivity contribution in [1.82, 2.24) is 5.32 Å². The second kappa shape index (κ2) is 5.36. The third-order valence-corrected chi connectivity index (χ3v) is 1.87. The number of rotatable bonds is 5. The van der Waals surface area contributed by atoms with Crippen molar-refractivity contribution in [1.29, 1.82) is 0 Å². The first-order valence-electron chi connectivity index (χ1n) is 4.74. The minimum absolute atomic E-state index is 0.548. The Morgan fingerprint density at radius 1 is 1.60 bits per heavy atom. The van der Waals surface area contributed by atoms with E-state index in [1.807, 2.05) is 19.1 Å². The lowest BCUT2D eigenvalue weighted by Crippen LogP contribution is -2.15. The Morgan fingerprint density at radius 3 is 2.87 bits per heavy atom. The van der Waals surface area contributed by atoms with Crippen LogP contribution in [0.5, 0.6) is 0 Å². The molecule has 82 valence electrons. The van der Waals surface area contributed by atoms with Crippen LogP contribution in [0.2, 0.25) is 0 Å². The summed E-state index contributed by atoms with van der Waals surface area (Å²) >= 11 is 0. The van der Waals surface area contributed by atoms with E-state index in [-0.39, 0.29) is 0 Å². The van der Waals surface area contributed by atoms with Gasteiger partial charge in [0.05, 0.1) is 6.54 Å². The summed E-state index contributed by atoms with van der Waals surface area (Å²) in [6, 6.07) is 3.80. The highest BCUT2D eigenvalue weighted by Gasteiger charge is 1.98. The molecule has 0 atom stereocenters. The summed E-state index contributed by atoms with van der Waals surface area (Å²) in [7, 11) is 0. The van der Waals surface area contributed by atoms with Crippen molar-refractivity contribution in [2.75, 3.05) is 6.54 Å². The Kier molecular flexibility index (Phi) is 4.12. The van der Waals surface area contributed by atoms with E-state index in [9.17, 15) is 4.79 Å². The highest BCUT2D eigenvalue weighted by molar-refractivity contribution is 5.80. The van der Waals surface area contributed by atoms with Gasteiger partial charge in [0.15, 0.2) is 0 Å². The van der Waals surface area contributed by atoms with Crippen molar-refractivity contribution < 1.29 is 14.3 Å². The smallest absolute Gasteiger partial charge is 0.328 e. The molecule has 1 rings (SSSR count). The zero-order valence-electron chi connectivity index (χ0n) is 8.91. The Hall–Kier alpha value is -1.55. The highest BCUT2D eigenvalue weighted by Crippen LogP contribution is 2.05. The van der Waals surface area contributed by atoms with Crippen LogP contribution < -0.4 is 5.32 Å². The first-order chi connectivity index (χ1) is 7.08. The monoisotopic (exact) mass is 209 g/mol. The molecule has 0 fully saturated rings. The Morgan fingerprint density at radius 2 is 2.33 bits per heavy atom. The average molecular weight is 209 g/mol. The number of furan rings is 1. The van der Waals surface area contributed by atoms with Gasteiger partial charge in [0, 0.05) is 12.6 Å². The molecule has 1 heterocycles. The SMILES string of the molecule is C/C(=C/C(=O)O)CNCc1ccc(C)o1. The molecule has 0 aliphatic carbocycles. The van der Waals surface area contributed by atoms with E-state index in [4.69, 9.17) is 9.52 Å². The molecule has 0 aliphatic heterocycles. The molecule has 0 aliphatic rings. The molecule has 1 aromatic rings. The number of carboxylic acid groups (broad SMARTS) is 1. The lowest BCUT2D eigenvalue weighted by atomic mass is 10.3. The summed E-state index contributed by atoms with van der Waals surface area (Å²) < 4.78 is 5.35. The average Bonchev–Trinajstić information content (AvgIpc) is 2.50. The fraction of sp³-hybridized carbons (Fsp3) is 0.364. The minimum Gasteiger partial charge on any atom is -0.478 e. The molecule has 2 N–H and O–H groups in total. The van der Waals surface area contributed by atoms with Gasteiger partial charge in [0.1, 0.15) is 11.5 Å².